The molecule has 31 heavy (non-hydrogen) atoms. The molecule has 0 amide bonds. The predicted octanol–water partition coefficient (Wildman–Crippen LogP) is 4.65. The molecule has 1 aromatic heterocycles. The molecule has 0 saturated heterocycles. The van der Waals surface area contributed by atoms with Gasteiger partial charge < -0.3 is 24.7 Å². The van der Waals surface area contributed by atoms with Gasteiger partial charge in [-0.15, -0.1) is 0 Å². The second-order valence-electron chi connectivity index (χ2n) is 6.88. The first-order valence-corrected chi connectivity index (χ1v) is 11.1. The van der Waals surface area contributed by atoms with Crippen LogP contribution in [0.5, 0.6) is 17.2 Å². The summed E-state index contributed by atoms with van der Waals surface area (Å²) in [6.45, 7) is 6.99. The van der Waals surface area contributed by atoms with Gasteiger partial charge in [0.2, 0.25) is 0 Å². The van der Waals surface area contributed by atoms with E-state index in [0.29, 0.717) is 41.8 Å². The molecule has 8 heteroatoms. The molecule has 0 unspecified atom stereocenters. The Morgan fingerprint density at radius 1 is 0.968 bits per heavy atom. The van der Waals surface area contributed by atoms with Crippen LogP contribution in [0.3, 0.4) is 0 Å². The number of aromatic nitrogens is 1. The van der Waals surface area contributed by atoms with Crippen LogP contribution in [-0.2, 0) is 4.74 Å². The summed E-state index contributed by atoms with van der Waals surface area (Å²) in [7, 11) is 1.59. The van der Waals surface area contributed by atoms with E-state index in [4.69, 9.17) is 36.9 Å². The van der Waals surface area contributed by atoms with Crippen molar-refractivity contribution < 1.29 is 23.7 Å². The van der Waals surface area contributed by atoms with Crippen molar-refractivity contribution in [3.05, 3.63) is 35.7 Å². The lowest BCUT2D eigenvalue weighted by Crippen LogP contribution is -2.19. The van der Waals surface area contributed by atoms with Crippen molar-refractivity contribution >= 4 is 23.2 Å². The van der Waals surface area contributed by atoms with Gasteiger partial charge in [0, 0.05) is 5.69 Å². The van der Waals surface area contributed by atoms with Gasteiger partial charge in [-0.3, -0.25) is 4.57 Å². The number of nitrogens with two attached hydrogens (primary N) is 1. The van der Waals surface area contributed by atoms with E-state index in [-0.39, 0.29) is 17.3 Å². The molecule has 0 atom stereocenters. The number of ether oxygens (including phenoxy) is 4. The Morgan fingerprint density at radius 3 is 1.97 bits per heavy atom. The lowest BCUT2D eigenvalue weighted by atomic mass is 10.2. The van der Waals surface area contributed by atoms with E-state index in [2.05, 4.69) is 13.8 Å². The Bertz CT molecular complexity index is 877. The number of esters is 1. The summed E-state index contributed by atoms with van der Waals surface area (Å²) in [6, 6.07) is 7.22. The third kappa shape index (κ3) is 5.91. The van der Waals surface area contributed by atoms with Crippen LogP contribution in [0.2, 0.25) is 0 Å². The van der Waals surface area contributed by atoms with E-state index in [1.807, 2.05) is 12.1 Å². The number of thiocarbonyl (C=S) groups is 1. The smallest absolute Gasteiger partial charge is 0.359 e. The minimum absolute atomic E-state index is 0.0956. The fraction of sp³-hybridized carbons (Fsp3) is 0.478. The summed E-state index contributed by atoms with van der Waals surface area (Å²) in [5.74, 6) is 0.828. The molecule has 0 radical (unpaired) electrons. The molecule has 0 spiro atoms. The first-order chi connectivity index (χ1) is 15.0. The molecule has 2 rings (SSSR count). The van der Waals surface area contributed by atoms with Gasteiger partial charge in [-0.1, -0.05) is 38.9 Å². The lowest BCUT2D eigenvalue weighted by Gasteiger charge is -2.13. The quantitative estimate of drug-likeness (QED) is 0.271. The van der Waals surface area contributed by atoms with Crippen LogP contribution < -0.4 is 19.9 Å². The van der Waals surface area contributed by atoms with Crippen molar-refractivity contribution in [1.82, 2.24) is 4.57 Å². The minimum Gasteiger partial charge on any atom is -0.497 e. The molecular weight excluding hydrogens is 416 g/mol. The highest BCUT2D eigenvalue weighted by molar-refractivity contribution is 7.80. The highest BCUT2D eigenvalue weighted by atomic mass is 32.1. The van der Waals surface area contributed by atoms with Crippen LogP contribution in [0, 0.1) is 0 Å². The standard InChI is InChI=1S/C23H32N2O5S/c1-5-8-14-29-20-18(22(24)31)25(16-10-12-17(27-4)13-11-16)19(23(26)28-7-3)21(20)30-15-9-6-2/h10-13H,5-9,14-15H2,1-4H3,(H2,24,31). The molecule has 7 nitrogen and oxygen atoms in total. The van der Waals surface area contributed by atoms with Crippen LogP contribution in [-0.4, -0.2) is 42.5 Å². The van der Waals surface area contributed by atoms with Gasteiger partial charge in [-0.2, -0.15) is 0 Å². The fourth-order valence-corrected chi connectivity index (χ4v) is 3.21. The number of hydrogen-bond acceptors (Lipinski definition) is 6. The Balaban J connectivity index is 2.76. The highest BCUT2D eigenvalue weighted by Gasteiger charge is 2.33. The number of hydrogen-bond donors (Lipinski definition) is 1. The fourth-order valence-electron chi connectivity index (χ4n) is 3.03. The van der Waals surface area contributed by atoms with E-state index < -0.39 is 5.97 Å². The molecule has 0 aliphatic carbocycles. The normalized spacial score (nSPS) is 10.6. The second kappa shape index (κ2) is 12.2. The number of carbonyl (C=O) groups is 1. The van der Waals surface area contributed by atoms with Crippen LogP contribution >= 0.6 is 12.2 Å². The number of carbonyl (C=O) groups excluding carboxylic acids is 1. The summed E-state index contributed by atoms with van der Waals surface area (Å²) < 4.78 is 24.4. The number of nitrogens with zero attached hydrogens (tertiary/aromatic N) is 1. The van der Waals surface area contributed by atoms with Gasteiger partial charge in [0.25, 0.3) is 0 Å². The van der Waals surface area contributed by atoms with E-state index in [1.54, 1.807) is 30.7 Å². The topological polar surface area (TPSA) is 84.9 Å². The number of unbranched alkanes of at least 4 members (excludes halogenated alkanes) is 2. The van der Waals surface area contributed by atoms with E-state index in [0.717, 1.165) is 25.7 Å². The van der Waals surface area contributed by atoms with Gasteiger partial charge >= 0.3 is 5.97 Å². The summed E-state index contributed by atoms with van der Waals surface area (Å²) >= 11 is 5.37. The number of methoxy groups -OCH3 is 1. The maximum absolute atomic E-state index is 13.0. The third-order valence-corrected chi connectivity index (χ3v) is 4.80. The van der Waals surface area contributed by atoms with Crippen molar-refractivity contribution in [1.29, 1.82) is 0 Å². The molecule has 0 saturated carbocycles. The average molecular weight is 449 g/mol. The van der Waals surface area contributed by atoms with Crippen molar-refractivity contribution in [2.45, 2.75) is 46.5 Å². The zero-order valence-corrected chi connectivity index (χ0v) is 19.5. The predicted molar refractivity (Wildman–Crippen MR) is 125 cm³/mol. The zero-order chi connectivity index (χ0) is 22.8. The van der Waals surface area contributed by atoms with Crippen LogP contribution in [0.4, 0.5) is 0 Å². The Morgan fingerprint density at radius 2 is 1.52 bits per heavy atom. The molecular formula is C23H32N2O5S. The van der Waals surface area contributed by atoms with Crippen molar-refractivity contribution in [3.8, 4) is 22.9 Å². The lowest BCUT2D eigenvalue weighted by molar-refractivity contribution is 0.0511. The molecule has 2 N–H and O–H groups in total. The van der Waals surface area contributed by atoms with E-state index in [1.165, 1.54) is 0 Å². The highest BCUT2D eigenvalue weighted by Crippen LogP contribution is 2.41. The Labute approximate surface area is 189 Å². The zero-order valence-electron chi connectivity index (χ0n) is 18.7. The summed E-state index contributed by atoms with van der Waals surface area (Å²) in [6.07, 6.45) is 3.57. The van der Waals surface area contributed by atoms with Crippen molar-refractivity contribution in [2.24, 2.45) is 5.73 Å². The molecule has 1 aromatic carbocycles. The summed E-state index contributed by atoms with van der Waals surface area (Å²) in [5.41, 5.74) is 7.40. The molecule has 0 bridgehead atoms. The first kappa shape index (κ1) is 24.5. The first-order valence-electron chi connectivity index (χ1n) is 10.7. The van der Waals surface area contributed by atoms with Crippen molar-refractivity contribution in [3.63, 3.8) is 0 Å². The maximum atomic E-state index is 13.0. The largest absolute Gasteiger partial charge is 0.497 e. The average Bonchev–Trinajstić information content (AvgIpc) is 3.09. The molecule has 1 heterocycles. The molecule has 0 aliphatic rings. The van der Waals surface area contributed by atoms with E-state index in [9.17, 15) is 4.79 Å². The summed E-state index contributed by atoms with van der Waals surface area (Å²) in [4.78, 5) is 13.1. The minimum atomic E-state index is -0.535. The van der Waals surface area contributed by atoms with Crippen molar-refractivity contribution in [2.75, 3.05) is 26.9 Å². The molecule has 170 valence electrons. The van der Waals surface area contributed by atoms with Gasteiger partial charge in [0.15, 0.2) is 17.2 Å². The summed E-state index contributed by atoms with van der Waals surface area (Å²) in [5, 5.41) is 0. The van der Waals surface area contributed by atoms with Gasteiger partial charge in [-0.25, -0.2) is 4.79 Å². The molecule has 2 aromatic rings. The van der Waals surface area contributed by atoms with Gasteiger partial charge in [0.1, 0.15) is 16.4 Å². The van der Waals surface area contributed by atoms with Crippen LogP contribution in [0.25, 0.3) is 5.69 Å². The van der Waals surface area contributed by atoms with Gasteiger partial charge in [0.05, 0.1) is 26.9 Å². The van der Waals surface area contributed by atoms with Crippen LogP contribution in [0.1, 0.15) is 62.6 Å². The Kier molecular flexibility index (Phi) is 9.65. The van der Waals surface area contributed by atoms with Gasteiger partial charge in [-0.05, 0) is 44.0 Å². The second-order valence-corrected chi connectivity index (χ2v) is 7.32. The molecule has 0 aliphatic heterocycles. The third-order valence-electron chi connectivity index (χ3n) is 4.60. The maximum Gasteiger partial charge on any atom is 0.359 e. The van der Waals surface area contributed by atoms with Crippen LogP contribution in [0.15, 0.2) is 24.3 Å². The number of benzene rings is 1. The Hall–Kier alpha value is -2.74. The van der Waals surface area contributed by atoms with E-state index >= 15 is 0 Å². The SMILES string of the molecule is CCCCOc1c(OCCCC)c(C(N)=S)n(-c2ccc(OC)cc2)c1C(=O)OCC. The molecule has 0 fully saturated rings. The monoisotopic (exact) mass is 448 g/mol. The number of rotatable bonds is 13.